The van der Waals surface area contributed by atoms with E-state index in [-0.39, 0.29) is 11.8 Å². The second-order valence-electron chi connectivity index (χ2n) is 7.45. The molecule has 5 nitrogen and oxygen atoms in total. The van der Waals surface area contributed by atoms with E-state index in [4.69, 9.17) is 0 Å². The molecule has 0 aliphatic rings. The number of para-hydroxylation sites is 1. The molecule has 160 valence electrons. The van der Waals surface area contributed by atoms with Gasteiger partial charge in [-0.1, -0.05) is 73.5 Å². The Morgan fingerprint density at radius 1 is 0.581 bits per heavy atom. The highest BCUT2D eigenvalue weighted by Crippen LogP contribution is 2.22. The molecule has 0 aromatic heterocycles. The van der Waals surface area contributed by atoms with Gasteiger partial charge in [-0.25, -0.2) is 0 Å². The van der Waals surface area contributed by atoms with Crippen LogP contribution in [-0.2, 0) is 9.59 Å². The molecule has 3 aromatic carbocycles. The summed E-state index contributed by atoms with van der Waals surface area (Å²) in [4.78, 5) is 24.1. The lowest BCUT2D eigenvalue weighted by atomic mass is 10.1. The van der Waals surface area contributed by atoms with Crippen LogP contribution in [0, 0.1) is 0 Å². The van der Waals surface area contributed by atoms with Crippen LogP contribution in [-0.4, -0.2) is 11.8 Å². The van der Waals surface area contributed by atoms with E-state index in [1.54, 1.807) is 0 Å². The van der Waals surface area contributed by atoms with E-state index in [9.17, 15) is 9.59 Å². The highest BCUT2D eigenvalue weighted by Gasteiger charge is 2.05. The smallest absolute Gasteiger partial charge is 0.238 e. The van der Waals surface area contributed by atoms with E-state index >= 15 is 0 Å². The van der Waals surface area contributed by atoms with Crippen molar-refractivity contribution in [1.29, 1.82) is 0 Å². The molecule has 3 aromatic rings. The minimum absolute atomic E-state index is 0.0232. The maximum atomic E-state index is 12.2. The van der Waals surface area contributed by atoms with Crippen LogP contribution in [0.4, 0.5) is 11.4 Å². The molecule has 0 fully saturated rings. The minimum atomic E-state index is -0.0279. The Morgan fingerprint density at radius 3 is 1.87 bits per heavy atom. The molecule has 31 heavy (non-hydrogen) atoms. The Bertz CT molecular complexity index is 959. The van der Waals surface area contributed by atoms with E-state index < -0.39 is 0 Å². The molecule has 0 saturated heterocycles. The first-order chi connectivity index (χ1) is 15.2. The van der Waals surface area contributed by atoms with Gasteiger partial charge in [0, 0.05) is 18.5 Å². The molecule has 2 amide bonds. The Kier molecular flexibility index (Phi) is 8.68. The molecule has 3 rings (SSSR count). The standard InChI is InChI=1S/C26H29N3O2/c30-25(27-24-17-11-14-22(20-24)21-12-5-3-6-13-21)18-9-1-2-10-19-26(31)29-28-23-15-7-4-8-16-23/h3-8,11-17,20,28H,1-2,9-10,18-19H2,(H,27,30)(H,29,31). The van der Waals surface area contributed by atoms with Crippen molar-refractivity contribution >= 4 is 23.2 Å². The average molecular weight is 416 g/mol. The van der Waals surface area contributed by atoms with Crippen molar-refractivity contribution in [2.24, 2.45) is 0 Å². The number of anilines is 2. The normalized spacial score (nSPS) is 10.3. The summed E-state index contributed by atoms with van der Waals surface area (Å²) in [7, 11) is 0. The first kappa shape index (κ1) is 22.1. The number of hydrogen-bond acceptors (Lipinski definition) is 3. The Hall–Kier alpha value is -3.60. The Labute approximate surface area is 183 Å². The molecule has 0 atom stereocenters. The molecule has 3 N–H and O–H groups in total. The van der Waals surface area contributed by atoms with E-state index in [0.29, 0.717) is 12.8 Å². The highest BCUT2D eigenvalue weighted by atomic mass is 16.2. The summed E-state index contributed by atoms with van der Waals surface area (Å²) in [5.41, 5.74) is 9.47. The van der Waals surface area contributed by atoms with Crippen molar-refractivity contribution in [3.05, 3.63) is 84.9 Å². The molecule has 0 saturated carbocycles. The summed E-state index contributed by atoms with van der Waals surface area (Å²) >= 11 is 0. The maximum absolute atomic E-state index is 12.2. The lowest BCUT2D eigenvalue weighted by Gasteiger charge is -2.09. The Morgan fingerprint density at radius 2 is 1.16 bits per heavy atom. The number of nitrogens with one attached hydrogen (secondary N) is 3. The quantitative estimate of drug-likeness (QED) is 0.275. The van der Waals surface area contributed by atoms with Gasteiger partial charge < -0.3 is 5.32 Å². The minimum Gasteiger partial charge on any atom is -0.326 e. The Balaban J connectivity index is 1.28. The summed E-state index contributed by atoms with van der Waals surface area (Å²) in [5, 5.41) is 2.98. The summed E-state index contributed by atoms with van der Waals surface area (Å²) in [6, 6.07) is 27.5. The van der Waals surface area contributed by atoms with Gasteiger partial charge in [0.15, 0.2) is 0 Å². The van der Waals surface area contributed by atoms with Gasteiger partial charge in [0.25, 0.3) is 0 Å². The van der Waals surface area contributed by atoms with Crippen LogP contribution >= 0.6 is 0 Å². The monoisotopic (exact) mass is 415 g/mol. The van der Waals surface area contributed by atoms with Crippen molar-refractivity contribution in [1.82, 2.24) is 5.43 Å². The van der Waals surface area contributed by atoms with E-state index in [1.807, 2.05) is 72.8 Å². The zero-order valence-electron chi connectivity index (χ0n) is 17.6. The van der Waals surface area contributed by atoms with Gasteiger partial charge in [-0.15, -0.1) is 0 Å². The third-order valence-electron chi connectivity index (χ3n) is 4.93. The van der Waals surface area contributed by atoms with Gasteiger partial charge in [0.05, 0.1) is 5.69 Å². The molecule has 0 bridgehead atoms. The van der Waals surface area contributed by atoms with Crippen LogP contribution in [0.25, 0.3) is 11.1 Å². The SMILES string of the molecule is O=C(CCCCCCC(=O)Nc1cccc(-c2ccccc2)c1)NNc1ccccc1. The third kappa shape index (κ3) is 7.97. The number of carbonyl (C=O) groups excluding carboxylic acids is 2. The van der Waals surface area contributed by atoms with Crippen LogP contribution in [0.2, 0.25) is 0 Å². The van der Waals surface area contributed by atoms with Crippen molar-refractivity contribution in [3.63, 3.8) is 0 Å². The lowest BCUT2D eigenvalue weighted by molar-refractivity contribution is -0.120. The maximum Gasteiger partial charge on any atom is 0.238 e. The molecule has 0 heterocycles. The number of rotatable bonds is 11. The fourth-order valence-electron chi connectivity index (χ4n) is 3.28. The number of benzene rings is 3. The van der Waals surface area contributed by atoms with Gasteiger partial charge in [0.2, 0.25) is 11.8 Å². The number of hydrogen-bond donors (Lipinski definition) is 3. The predicted octanol–water partition coefficient (Wildman–Crippen LogP) is 5.78. The molecular weight excluding hydrogens is 386 g/mol. The molecule has 0 radical (unpaired) electrons. The van der Waals surface area contributed by atoms with Gasteiger partial charge >= 0.3 is 0 Å². The molecule has 0 unspecified atom stereocenters. The largest absolute Gasteiger partial charge is 0.326 e. The molecule has 5 heteroatoms. The van der Waals surface area contributed by atoms with Gasteiger partial charge in [-0.3, -0.25) is 20.4 Å². The van der Waals surface area contributed by atoms with E-state index in [2.05, 4.69) is 28.3 Å². The predicted molar refractivity (Wildman–Crippen MR) is 126 cm³/mol. The van der Waals surface area contributed by atoms with Crippen molar-refractivity contribution in [2.75, 3.05) is 10.7 Å². The van der Waals surface area contributed by atoms with Crippen LogP contribution in [0.1, 0.15) is 38.5 Å². The van der Waals surface area contributed by atoms with Crippen LogP contribution in [0.15, 0.2) is 84.9 Å². The molecule has 0 aliphatic heterocycles. The summed E-state index contributed by atoms with van der Waals surface area (Å²) in [6.07, 6.45) is 4.43. The number of hydrazine groups is 1. The van der Waals surface area contributed by atoms with Crippen molar-refractivity contribution in [2.45, 2.75) is 38.5 Å². The molecule has 0 aliphatic carbocycles. The van der Waals surface area contributed by atoms with Crippen LogP contribution in [0.3, 0.4) is 0 Å². The van der Waals surface area contributed by atoms with E-state index in [1.165, 1.54) is 0 Å². The second-order valence-corrected chi connectivity index (χ2v) is 7.45. The number of amides is 2. The van der Waals surface area contributed by atoms with Crippen LogP contribution < -0.4 is 16.2 Å². The molecule has 0 spiro atoms. The first-order valence-corrected chi connectivity index (χ1v) is 10.8. The highest BCUT2D eigenvalue weighted by molar-refractivity contribution is 5.91. The average Bonchev–Trinajstić information content (AvgIpc) is 2.81. The van der Waals surface area contributed by atoms with Crippen molar-refractivity contribution < 1.29 is 9.59 Å². The zero-order chi connectivity index (χ0) is 21.7. The fourth-order valence-corrected chi connectivity index (χ4v) is 3.28. The van der Waals surface area contributed by atoms with Gasteiger partial charge in [-0.05, 0) is 48.2 Å². The lowest BCUT2D eigenvalue weighted by Crippen LogP contribution is -2.28. The van der Waals surface area contributed by atoms with Gasteiger partial charge in [0.1, 0.15) is 0 Å². The van der Waals surface area contributed by atoms with Gasteiger partial charge in [-0.2, -0.15) is 0 Å². The zero-order valence-corrected chi connectivity index (χ0v) is 17.6. The molecular formula is C26H29N3O2. The number of carbonyl (C=O) groups is 2. The van der Waals surface area contributed by atoms with Crippen molar-refractivity contribution in [3.8, 4) is 11.1 Å². The summed E-state index contributed by atoms with van der Waals surface area (Å²) < 4.78 is 0. The fraction of sp³-hybridized carbons (Fsp3) is 0.231. The number of unbranched alkanes of at least 4 members (excludes halogenated alkanes) is 3. The summed E-state index contributed by atoms with van der Waals surface area (Å²) in [5.74, 6) is -0.00471. The first-order valence-electron chi connectivity index (χ1n) is 10.8. The van der Waals surface area contributed by atoms with E-state index in [0.717, 1.165) is 48.2 Å². The summed E-state index contributed by atoms with van der Waals surface area (Å²) in [6.45, 7) is 0. The third-order valence-corrected chi connectivity index (χ3v) is 4.93. The van der Waals surface area contributed by atoms with Crippen LogP contribution in [0.5, 0.6) is 0 Å². The topological polar surface area (TPSA) is 70.2 Å². The second kappa shape index (κ2) is 12.2.